The summed E-state index contributed by atoms with van der Waals surface area (Å²) in [5, 5.41) is 25.3. The summed E-state index contributed by atoms with van der Waals surface area (Å²) in [7, 11) is 0. The number of hydrogen-bond donors (Lipinski definition) is 7. The lowest BCUT2D eigenvalue weighted by atomic mass is 10.1. The van der Waals surface area contributed by atoms with Crippen LogP contribution in [0.3, 0.4) is 0 Å². The molecule has 1 aromatic rings. The van der Waals surface area contributed by atoms with E-state index in [1.54, 1.807) is 0 Å². The second-order valence-electron chi connectivity index (χ2n) is 5.95. The van der Waals surface area contributed by atoms with Gasteiger partial charge in [-0.1, -0.05) is 0 Å². The highest BCUT2D eigenvalue weighted by Crippen LogP contribution is 1.99. The summed E-state index contributed by atoms with van der Waals surface area (Å²) in [5.41, 5.74) is 5.97. The summed E-state index contributed by atoms with van der Waals surface area (Å²) in [5.74, 6) is -3.34. The van der Waals surface area contributed by atoms with Gasteiger partial charge in [0.2, 0.25) is 17.7 Å². The van der Waals surface area contributed by atoms with E-state index in [4.69, 9.17) is 10.8 Å². The van der Waals surface area contributed by atoms with E-state index < -0.39 is 54.5 Å². The van der Waals surface area contributed by atoms with Crippen LogP contribution in [0.25, 0.3) is 0 Å². The van der Waals surface area contributed by atoms with Crippen LogP contribution in [0.4, 0.5) is 0 Å². The molecule has 1 rings (SSSR count). The molecule has 3 amide bonds. The quantitative estimate of drug-likeness (QED) is 0.219. The number of rotatable bonds is 10. The highest BCUT2D eigenvalue weighted by Gasteiger charge is 2.24. The van der Waals surface area contributed by atoms with Crippen LogP contribution >= 0.6 is 0 Å². The van der Waals surface area contributed by atoms with E-state index in [-0.39, 0.29) is 6.42 Å². The first kappa shape index (κ1) is 22.1. The van der Waals surface area contributed by atoms with Crippen molar-refractivity contribution < 1.29 is 29.4 Å². The summed E-state index contributed by atoms with van der Waals surface area (Å²) < 4.78 is 0. The Morgan fingerprint density at radius 3 is 2.41 bits per heavy atom. The molecule has 0 saturated carbocycles. The maximum Gasteiger partial charge on any atom is 0.326 e. The van der Waals surface area contributed by atoms with Gasteiger partial charge in [-0.05, 0) is 13.8 Å². The van der Waals surface area contributed by atoms with Gasteiger partial charge in [-0.15, -0.1) is 0 Å². The number of nitrogens with zero attached hydrogens (tertiary/aromatic N) is 1. The summed E-state index contributed by atoms with van der Waals surface area (Å²) in [6.45, 7) is 2.23. The van der Waals surface area contributed by atoms with E-state index in [0.29, 0.717) is 5.69 Å². The molecule has 12 heteroatoms. The van der Waals surface area contributed by atoms with Crippen LogP contribution in [-0.2, 0) is 25.6 Å². The number of aromatic nitrogens is 2. The van der Waals surface area contributed by atoms with Gasteiger partial charge in [0.15, 0.2) is 0 Å². The average Bonchev–Trinajstić information content (AvgIpc) is 3.10. The van der Waals surface area contributed by atoms with Crippen molar-refractivity contribution in [3.8, 4) is 0 Å². The monoisotopic (exact) mass is 384 g/mol. The highest BCUT2D eigenvalue weighted by atomic mass is 16.4. The van der Waals surface area contributed by atoms with Crippen LogP contribution in [0.5, 0.6) is 0 Å². The van der Waals surface area contributed by atoms with Crippen LogP contribution in [-0.4, -0.2) is 74.6 Å². The van der Waals surface area contributed by atoms with Crippen molar-refractivity contribution in [3.63, 3.8) is 0 Å². The number of carbonyl (C=O) groups is 4. The molecule has 1 heterocycles. The number of H-pyrrole nitrogens is 1. The molecule has 1 aromatic heterocycles. The minimum atomic E-state index is -1.24. The lowest BCUT2D eigenvalue weighted by Gasteiger charge is -2.19. The second kappa shape index (κ2) is 10.2. The Hall–Kier alpha value is -2.99. The van der Waals surface area contributed by atoms with Gasteiger partial charge in [0.1, 0.15) is 18.1 Å². The highest BCUT2D eigenvalue weighted by molar-refractivity contribution is 5.92. The Morgan fingerprint density at radius 2 is 1.89 bits per heavy atom. The van der Waals surface area contributed by atoms with Crippen LogP contribution in [0.15, 0.2) is 12.5 Å². The predicted molar refractivity (Wildman–Crippen MR) is 92.1 cm³/mol. The molecule has 0 fully saturated rings. The zero-order chi connectivity index (χ0) is 20.6. The third-order valence-electron chi connectivity index (χ3n) is 3.61. The Labute approximate surface area is 154 Å². The third kappa shape index (κ3) is 7.42. The van der Waals surface area contributed by atoms with E-state index in [0.717, 1.165) is 0 Å². The topological polar surface area (TPSA) is 200 Å². The summed E-state index contributed by atoms with van der Waals surface area (Å²) in [6.07, 6.45) is 1.73. The Morgan fingerprint density at radius 1 is 1.22 bits per heavy atom. The molecule has 0 radical (unpaired) electrons. The molecule has 4 atom stereocenters. The number of aliphatic hydroxyl groups excluding tert-OH is 1. The fourth-order valence-corrected chi connectivity index (χ4v) is 1.98. The van der Waals surface area contributed by atoms with Crippen molar-refractivity contribution in [2.45, 2.75) is 44.5 Å². The fraction of sp³-hybridized carbons (Fsp3) is 0.533. The number of carboxylic acids is 1. The van der Waals surface area contributed by atoms with Crippen LogP contribution in [0, 0.1) is 0 Å². The zero-order valence-electron chi connectivity index (χ0n) is 14.9. The molecule has 150 valence electrons. The van der Waals surface area contributed by atoms with Crippen molar-refractivity contribution in [3.05, 3.63) is 18.2 Å². The third-order valence-corrected chi connectivity index (χ3v) is 3.61. The van der Waals surface area contributed by atoms with E-state index >= 15 is 0 Å². The lowest BCUT2D eigenvalue weighted by molar-refractivity contribution is -0.141. The number of nitrogens with one attached hydrogen (secondary N) is 4. The zero-order valence-corrected chi connectivity index (χ0v) is 14.9. The van der Waals surface area contributed by atoms with Gasteiger partial charge < -0.3 is 36.9 Å². The van der Waals surface area contributed by atoms with Gasteiger partial charge in [-0.2, -0.15) is 0 Å². The molecular formula is C15H24N6O6. The van der Waals surface area contributed by atoms with Crippen molar-refractivity contribution in [2.24, 2.45) is 5.73 Å². The van der Waals surface area contributed by atoms with Crippen LogP contribution in [0.1, 0.15) is 19.5 Å². The maximum atomic E-state index is 11.9. The minimum Gasteiger partial charge on any atom is -0.480 e. The molecule has 0 aliphatic heterocycles. The fourth-order valence-electron chi connectivity index (χ4n) is 1.98. The first-order chi connectivity index (χ1) is 12.6. The Balaban J connectivity index is 2.46. The summed E-state index contributed by atoms with van der Waals surface area (Å²) >= 11 is 0. The number of imidazole rings is 1. The molecule has 27 heavy (non-hydrogen) atoms. The smallest absolute Gasteiger partial charge is 0.326 e. The second-order valence-corrected chi connectivity index (χ2v) is 5.95. The molecular weight excluding hydrogens is 360 g/mol. The molecule has 0 aliphatic rings. The molecule has 12 nitrogen and oxygen atoms in total. The van der Waals surface area contributed by atoms with Gasteiger partial charge in [-0.25, -0.2) is 9.78 Å². The Kier molecular flexibility index (Phi) is 8.35. The molecule has 0 aliphatic carbocycles. The largest absolute Gasteiger partial charge is 0.480 e. The molecule has 8 N–H and O–H groups in total. The van der Waals surface area contributed by atoms with Gasteiger partial charge >= 0.3 is 5.97 Å². The Bertz CT molecular complexity index is 662. The average molecular weight is 384 g/mol. The number of amides is 3. The number of hydrogen-bond acceptors (Lipinski definition) is 7. The number of nitrogens with two attached hydrogens (primary N) is 1. The SMILES string of the molecule is CC(NC(=O)C(N)C(C)O)C(=O)NCC(=O)NC(Cc1cnc[nH]1)C(=O)O. The summed E-state index contributed by atoms with van der Waals surface area (Å²) in [6, 6.07) is -3.39. The van der Waals surface area contributed by atoms with Gasteiger partial charge in [-0.3, -0.25) is 14.4 Å². The summed E-state index contributed by atoms with van der Waals surface area (Å²) in [4.78, 5) is 53.2. The number of carboxylic acid groups (broad SMARTS) is 1. The number of aliphatic hydroxyl groups is 1. The van der Waals surface area contributed by atoms with Gasteiger partial charge in [0, 0.05) is 18.3 Å². The number of aromatic amines is 1. The molecule has 0 aromatic carbocycles. The maximum absolute atomic E-state index is 11.9. The van der Waals surface area contributed by atoms with Crippen LogP contribution in [0.2, 0.25) is 0 Å². The first-order valence-electron chi connectivity index (χ1n) is 8.13. The normalized spacial score (nSPS) is 15.1. The van der Waals surface area contributed by atoms with Crippen molar-refractivity contribution in [1.29, 1.82) is 0 Å². The molecule has 0 saturated heterocycles. The number of aliphatic carboxylic acids is 1. The van der Waals surface area contributed by atoms with E-state index in [9.17, 15) is 24.3 Å². The standard InChI is InChI=1S/C15H24N6O6/c1-7(20-14(25)12(16)8(2)22)13(24)18-5-11(23)21-10(15(26)27)3-9-4-17-6-19-9/h4,6-8,10,12,22H,3,5,16H2,1-2H3,(H,17,19)(H,18,24)(H,20,25)(H,21,23)(H,26,27). The van der Waals surface area contributed by atoms with Crippen molar-refractivity contribution >= 4 is 23.7 Å². The number of carbonyl (C=O) groups excluding carboxylic acids is 3. The van der Waals surface area contributed by atoms with Crippen molar-refractivity contribution in [1.82, 2.24) is 25.9 Å². The molecule has 0 spiro atoms. The van der Waals surface area contributed by atoms with E-state index in [2.05, 4.69) is 25.9 Å². The minimum absolute atomic E-state index is 0.00128. The first-order valence-corrected chi connectivity index (χ1v) is 8.13. The molecule has 4 unspecified atom stereocenters. The van der Waals surface area contributed by atoms with Crippen LogP contribution < -0.4 is 21.7 Å². The lowest BCUT2D eigenvalue weighted by Crippen LogP contribution is -2.54. The predicted octanol–water partition coefficient (Wildman–Crippen LogP) is -3.15. The van der Waals surface area contributed by atoms with E-state index in [1.807, 2.05) is 0 Å². The van der Waals surface area contributed by atoms with Crippen molar-refractivity contribution in [2.75, 3.05) is 6.54 Å². The van der Waals surface area contributed by atoms with Gasteiger partial charge in [0.05, 0.1) is 19.0 Å². The van der Waals surface area contributed by atoms with E-state index in [1.165, 1.54) is 26.4 Å². The van der Waals surface area contributed by atoms with Gasteiger partial charge in [0.25, 0.3) is 0 Å². The molecule has 0 bridgehead atoms.